The summed E-state index contributed by atoms with van der Waals surface area (Å²) in [6.45, 7) is 4.75. The summed E-state index contributed by atoms with van der Waals surface area (Å²) in [5.41, 5.74) is 1.38. The summed E-state index contributed by atoms with van der Waals surface area (Å²) in [6, 6.07) is 11.5. The SMILES string of the molecule is CC1(CNC(=O)c2cc(COCc3ccccc3)on2)COC1. The van der Waals surface area contributed by atoms with Gasteiger partial charge in [0.15, 0.2) is 11.5 Å². The van der Waals surface area contributed by atoms with Gasteiger partial charge < -0.3 is 19.3 Å². The van der Waals surface area contributed by atoms with E-state index in [2.05, 4.69) is 17.4 Å². The van der Waals surface area contributed by atoms with E-state index < -0.39 is 0 Å². The largest absolute Gasteiger partial charge is 0.380 e. The van der Waals surface area contributed by atoms with Crippen molar-refractivity contribution in [1.82, 2.24) is 10.5 Å². The quantitative estimate of drug-likeness (QED) is 0.847. The first kappa shape index (κ1) is 15.7. The molecule has 0 bridgehead atoms. The predicted molar refractivity (Wildman–Crippen MR) is 82.7 cm³/mol. The number of hydrogen-bond acceptors (Lipinski definition) is 5. The molecule has 1 aliphatic rings. The second kappa shape index (κ2) is 6.93. The van der Waals surface area contributed by atoms with Gasteiger partial charge in [-0.15, -0.1) is 0 Å². The molecule has 23 heavy (non-hydrogen) atoms. The number of nitrogens with one attached hydrogen (secondary N) is 1. The van der Waals surface area contributed by atoms with Gasteiger partial charge >= 0.3 is 0 Å². The number of ether oxygens (including phenoxy) is 2. The summed E-state index contributed by atoms with van der Waals surface area (Å²) in [4.78, 5) is 12.0. The van der Waals surface area contributed by atoms with Crippen molar-refractivity contribution in [1.29, 1.82) is 0 Å². The molecule has 1 aliphatic heterocycles. The maximum atomic E-state index is 12.0. The van der Waals surface area contributed by atoms with Crippen LogP contribution in [-0.4, -0.2) is 30.8 Å². The van der Waals surface area contributed by atoms with E-state index in [-0.39, 0.29) is 23.6 Å². The molecule has 2 heterocycles. The molecule has 0 saturated carbocycles. The van der Waals surface area contributed by atoms with Gasteiger partial charge in [-0.3, -0.25) is 4.79 Å². The van der Waals surface area contributed by atoms with Gasteiger partial charge in [-0.2, -0.15) is 0 Å². The first-order valence-electron chi connectivity index (χ1n) is 7.58. The molecule has 122 valence electrons. The molecule has 0 unspecified atom stereocenters. The highest BCUT2D eigenvalue weighted by Gasteiger charge is 2.33. The Morgan fingerprint density at radius 2 is 2.09 bits per heavy atom. The number of rotatable bonds is 7. The number of hydrogen-bond donors (Lipinski definition) is 1. The zero-order valence-corrected chi connectivity index (χ0v) is 13.1. The molecule has 1 saturated heterocycles. The summed E-state index contributed by atoms with van der Waals surface area (Å²) in [5.74, 6) is 0.292. The minimum Gasteiger partial charge on any atom is -0.380 e. The van der Waals surface area contributed by atoms with Gasteiger partial charge in [-0.1, -0.05) is 42.4 Å². The van der Waals surface area contributed by atoms with Crippen LogP contribution < -0.4 is 5.32 Å². The van der Waals surface area contributed by atoms with E-state index in [0.717, 1.165) is 5.56 Å². The van der Waals surface area contributed by atoms with Crippen LogP contribution in [0.4, 0.5) is 0 Å². The molecule has 6 heteroatoms. The van der Waals surface area contributed by atoms with Gasteiger partial charge in [0.05, 0.1) is 19.8 Å². The molecule has 2 aromatic rings. The van der Waals surface area contributed by atoms with E-state index in [4.69, 9.17) is 14.0 Å². The Balaban J connectivity index is 1.44. The molecule has 0 atom stereocenters. The molecule has 1 amide bonds. The van der Waals surface area contributed by atoms with E-state index in [1.807, 2.05) is 30.3 Å². The van der Waals surface area contributed by atoms with Crippen LogP contribution >= 0.6 is 0 Å². The lowest BCUT2D eigenvalue weighted by atomic mass is 9.89. The van der Waals surface area contributed by atoms with Crippen molar-refractivity contribution in [2.45, 2.75) is 20.1 Å². The molecular weight excluding hydrogens is 296 g/mol. The minimum atomic E-state index is -0.240. The second-order valence-electron chi connectivity index (χ2n) is 6.14. The molecule has 0 radical (unpaired) electrons. The molecular formula is C17H20N2O4. The Morgan fingerprint density at radius 3 is 2.78 bits per heavy atom. The first-order valence-corrected chi connectivity index (χ1v) is 7.58. The molecule has 1 aromatic heterocycles. The number of carbonyl (C=O) groups excluding carboxylic acids is 1. The maximum Gasteiger partial charge on any atom is 0.273 e. The third-order valence-corrected chi connectivity index (χ3v) is 3.72. The van der Waals surface area contributed by atoms with Crippen LogP contribution in [0.3, 0.4) is 0 Å². The van der Waals surface area contributed by atoms with Crippen LogP contribution in [0.5, 0.6) is 0 Å². The van der Waals surface area contributed by atoms with Crippen LogP contribution in [0.1, 0.15) is 28.7 Å². The number of nitrogens with zero attached hydrogens (tertiary/aromatic N) is 1. The van der Waals surface area contributed by atoms with E-state index >= 15 is 0 Å². The Labute approximate surface area is 134 Å². The predicted octanol–water partition coefficient (Wildman–Crippen LogP) is 2.16. The van der Waals surface area contributed by atoms with Crippen LogP contribution in [0.15, 0.2) is 40.9 Å². The lowest BCUT2D eigenvalue weighted by Gasteiger charge is -2.37. The fraction of sp³-hybridized carbons (Fsp3) is 0.412. The minimum absolute atomic E-state index is 0.0288. The van der Waals surface area contributed by atoms with Gasteiger partial charge in [0.25, 0.3) is 5.91 Å². The van der Waals surface area contributed by atoms with Crippen molar-refractivity contribution >= 4 is 5.91 Å². The van der Waals surface area contributed by atoms with Gasteiger partial charge in [-0.25, -0.2) is 0 Å². The number of carbonyl (C=O) groups is 1. The highest BCUT2D eigenvalue weighted by molar-refractivity contribution is 5.92. The summed E-state index contributed by atoms with van der Waals surface area (Å²) < 4.78 is 15.9. The Morgan fingerprint density at radius 1 is 1.30 bits per heavy atom. The standard InChI is InChI=1S/C17H20N2O4/c1-17(11-22-12-17)10-18-16(20)15-7-14(23-19-15)9-21-8-13-5-3-2-4-6-13/h2-7H,8-12H2,1H3,(H,18,20). The first-order chi connectivity index (χ1) is 11.1. The van der Waals surface area contributed by atoms with Crippen molar-refractivity contribution < 1.29 is 18.8 Å². The average Bonchev–Trinajstić information content (AvgIpc) is 3.01. The van der Waals surface area contributed by atoms with Crippen molar-refractivity contribution in [2.75, 3.05) is 19.8 Å². The van der Waals surface area contributed by atoms with E-state index in [0.29, 0.717) is 32.1 Å². The average molecular weight is 316 g/mol. The molecule has 6 nitrogen and oxygen atoms in total. The summed E-state index contributed by atoms with van der Waals surface area (Å²) >= 11 is 0. The van der Waals surface area contributed by atoms with Crippen molar-refractivity contribution in [3.63, 3.8) is 0 Å². The monoisotopic (exact) mass is 316 g/mol. The van der Waals surface area contributed by atoms with E-state index in [1.165, 1.54) is 0 Å². The van der Waals surface area contributed by atoms with Gasteiger partial charge in [0, 0.05) is 18.0 Å². The van der Waals surface area contributed by atoms with E-state index in [1.54, 1.807) is 6.07 Å². The van der Waals surface area contributed by atoms with Crippen LogP contribution in [-0.2, 0) is 22.7 Å². The summed E-state index contributed by atoms with van der Waals surface area (Å²) in [7, 11) is 0. The Kier molecular flexibility index (Phi) is 4.73. The topological polar surface area (TPSA) is 73.6 Å². The third-order valence-electron chi connectivity index (χ3n) is 3.72. The normalized spacial score (nSPS) is 15.9. The lowest BCUT2D eigenvalue weighted by molar-refractivity contribution is -0.0978. The third kappa shape index (κ3) is 4.18. The molecule has 0 aliphatic carbocycles. The van der Waals surface area contributed by atoms with Crippen molar-refractivity contribution in [2.24, 2.45) is 5.41 Å². The van der Waals surface area contributed by atoms with Crippen molar-refractivity contribution in [3.05, 3.63) is 53.4 Å². The number of aromatic nitrogens is 1. The zero-order valence-electron chi connectivity index (χ0n) is 13.1. The van der Waals surface area contributed by atoms with Gasteiger partial charge in [0.2, 0.25) is 0 Å². The Hall–Kier alpha value is -2.18. The molecule has 3 rings (SSSR count). The fourth-order valence-corrected chi connectivity index (χ4v) is 2.27. The molecule has 0 spiro atoms. The second-order valence-corrected chi connectivity index (χ2v) is 6.14. The smallest absolute Gasteiger partial charge is 0.273 e. The summed E-state index contributed by atoms with van der Waals surface area (Å²) in [6.07, 6.45) is 0. The maximum absolute atomic E-state index is 12.0. The Bertz CT molecular complexity index is 650. The van der Waals surface area contributed by atoms with Gasteiger partial charge in [0.1, 0.15) is 6.61 Å². The summed E-state index contributed by atoms with van der Waals surface area (Å²) in [5, 5.41) is 6.64. The van der Waals surface area contributed by atoms with Gasteiger partial charge in [-0.05, 0) is 5.56 Å². The van der Waals surface area contributed by atoms with Crippen molar-refractivity contribution in [3.8, 4) is 0 Å². The van der Waals surface area contributed by atoms with Crippen LogP contribution in [0.2, 0.25) is 0 Å². The fourth-order valence-electron chi connectivity index (χ4n) is 2.27. The molecule has 1 fully saturated rings. The molecule has 1 N–H and O–H groups in total. The highest BCUT2D eigenvalue weighted by atomic mass is 16.5. The highest BCUT2D eigenvalue weighted by Crippen LogP contribution is 2.25. The van der Waals surface area contributed by atoms with Crippen LogP contribution in [0.25, 0.3) is 0 Å². The van der Waals surface area contributed by atoms with E-state index in [9.17, 15) is 4.79 Å². The number of benzene rings is 1. The molecule has 1 aromatic carbocycles. The zero-order chi connectivity index (χ0) is 16.1. The number of amides is 1. The van der Waals surface area contributed by atoms with Crippen LogP contribution in [0, 0.1) is 5.41 Å². The lowest BCUT2D eigenvalue weighted by Crippen LogP contribution is -2.48.